The lowest BCUT2D eigenvalue weighted by Gasteiger charge is -2.17. The molecule has 1 aliphatic rings. The molecule has 1 aromatic heterocycles. The van der Waals surface area contributed by atoms with Gasteiger partial charge in [0.2, 0.25) is 0 Å². The number of nitrogens with one attached hydrogen (secondary N) is 1. The van der Waals surface area contributed by atoms with E-state index in [4.69, 9.17) is 4.74 Å². The fraction of sp³-hybridized carbons (Fsp3) is 0.615. The Bertz CT molecular complexity index is 407. The fourth-order valence-electron chi connectivity index (χ4n) is 2.14. The van der Waals surface area contributed by atoms with E-state index >= 15 is 0 Å². The van der Waals surface area contributed by atoms with E-state index in [1.54, 1.807) is 11.3 Å². The molecule has 0 saturated carbocycles. The highest BCUT2D eigenvalue weighted by molar-refractivity contribution is 9.10. The first-order valence-electron chi connectivity index (χ1n) is 6.28. The Morgan fingerprint density at radius 2 is 2.44 bits per heavy atom. The summed E-state index contributed by atoms with van der Waals surface area (Å²) in [5, 5.41) is 5.41. The van der Waals surface area contributed by atoms with Crippen molar-refractivity contribution in [3.8, 4) is 0 Å². The van der Waals surface area contributed by atoms with E-state index in [2.05, 4.69) is 28.2 Å². The molecule has 18 heavy (non-hydrogen) atoms. The van der Waals surface area contributed by atoms with Crippen molar-refractivity contribution in [1.82, 2.24) is 5.32 Å². The predicted octanol–water partition coefficient (Wildman–Crippen LogP) is 2.64. The molecule has 0 radical (unpaired) electrons. The molecule has 0 amide bonds. The van der Waals surface area contributed by atoms with E-state index in [0.29, 0.717) is 19.6 Å². The van der Waals surface area contributed by atoms with Gasteiger partial charge in [0.1, 0.15) is 5.78 Å². The Kier molecular flexibility index (Phi) is 5.36. The maximum absolute atomic E-state index is 12.3. The van der Waals surface area contributed by atoms with Gasteiger partial charge in [0.05, 0.1) is 19.1 Å². The Morgan fingerprint density at radius 1 is 1.61 bits per heavy atom. The number of hydrogen-bond acceptors (Lipinski definition) is 4. The number of ether oxygens (including phenoxy) is 1. The molecule has 2 unspecified atom stereocenters. The van der Waals surface area contributed by atoms with Crippen LogP contribution in [0.15, 0.2) is 15.9 Å². The van der Waals surface area contributed by atoms with Gasteiger partial charge in [0, 0.05) is 21.8 Å². The Labute approximate surface area is 120 Å². The number of Topliss-reactive ketones (excluding diaryl/α,β-unsaturated/α-hetero) is 1. The molecule has 1 aromatic rings. The van der Waals surface area contributed by atoms with Crippen LogP contribution in [-0.4, -0.2) is 31.6 Å². The van der Waals surface area contributed by atoms with Crippen LogP contribution in [0.1, 0.15) is 18.2 Å². The van der Waals surface area contributed by atoms with E-state index < -0.39 is 0 Å². The lowest BCUT2D eigenvalue weighted by molar-refractivity contribution is -0.122. The minimum absolute atomic E-state index is 0.00514. The van der Waals surface area contributed by atoms with Gasteiger partial charge in [-0.15, -0.1) is 11.3 Å². The smallest absolute Gasteiger partial charge is 0.145 e. The van der Waals surface area contributed by atoms with E-state index in [0.717, 1.165) is 22.3 Å². The third-order valence-corrected chi connectivity index (χ3v) is 5.10. The number of halogens is 1. The zero-order valence-electron chi connectivity index (χ0n) is 10.4. The Morgan fingerprint density at radius 3 is 3.11 bits per heavy atom. The van der Waals surface area contributed by atoms with Crippen molar-refractivity contribution in [2.45, 2.75) is 25.8 Å². The van der Waals surface area contributed by atoms with Gasteiger partial charge in [-0.05, 0) is 40.3 Å². The zero-order valence-corrected chi connectivity index (χ0v) is 12.9. The zero-order chi connectivity index (χ0) is 13.0. The van der Waals surface area contributed by atoms with Crippen LogP contribution in [0.2, 0.25) is 0 Å². The summed E-state index contributed by atoms with van der Waals surface area (Å²) in [4.78, 5) is 13.4. The van der Waals surface area contributed by atoms with Crippen molar-refractivity contribution < 1.29 is 9.53 Å². The molecule has 2 atom stereocenters. The van der Waals surface area contributed by atoms with Crippen molar-refractivity contribution in [1.29, 1.82) is 0 Å². The summed E-state index contributed by atoms with van der Waals surface area (Å²) in [5.74, 6) is 0.287. The maximum Gasteiger partial charge on any atom is 0.145 e. The summed E-state index contributed by atoms with van der Waals surface area (Å²) in [6.45, 7) is 4.29. The number of ketones is 1. The first-order chi connectivity index (χ1) is 8.72. The molecule has 0 spiro atoms. The minimum Gasteiger partial charge on any atom is -0.379 e. The molecule has 1 aliphatic heterocycles. The third kappa shape index (κ3) is 3.41. The molecule has 0 aliphatic carbocycles. The van der Waals surface area contributed by atoms with Gasteiger partial charge in [0.15, 0.2) is 0 Å². The summed E-state index contributed by atoms with van der Waals surface area (Å²) < 4.78 is 6.49. The van der Waals surface area contributed by atoms with E-state index in [-0.39, 0.29) is 17.7 Å². The van der Waals surface area contributed by atoms with Crippen LogP contribution in [-0.2, 0) is 16.0 Å². The predicted molar refractivity (Wildman–Crippen MR) is 77.1 cm³/mol. The van der Waals surface area contributed by atoms with Crippen LogP contribution in [0.3, 0.4) is 0 Å². The van der Waals surface area contributed by atoms with Gasteiger partial charge in [-0.25, -0.2) is 0 Å². The van der Waals surface area contributed by atoms with Crippen molar-refractivity contribution >= 4 is 33.0 Å². The van der Waals surface area contributed by atoms with Gasteiger partial charge in [-0.3, -0.25) is 4.79 Å². The summed E-state index contributed by atoms with van der Waals surface area (Å²) >= 11 is 5.10. The largest absolute Gasteiger partial charge is 0.379 e. The number of rotatable bonds is 6. The van der Waals surface area contributed by atoms with Crippen LogP contribution in [0.5, 0.6) is 0 Å². The number of carbonyl (C=O) groups excluding carboxylic acids is 1. The van der Waals surface area contributed by atoms with Crippen molar-refractivity contribution in [3.05, 3.63) is 20.8 Å². The quantitative estimate of drug-likeness (QED) is 0.870. The van der Waals surface area contributed by atoms with Crippen molar-refractivity contribution in [3.63, 3.8) is 0 Å². The van der Waals surface area contributed by atoms with Gasteiger partial charge < -0.3 is 10.1 Å². The van der Waals surface area contributed by atoms with Gasteiger partial charge in [-0.2, -0.15) is 0 Å². The second-order valence-corrected chi connectivity index (χ2v) is 6.39. The second-order valence-electron chi connectivity index (χ2n) is 4.54. The average Bonchev–Trinajstić information content (AvgIpc) is 2.96. The highest BCUT2D eigenvalue weighted by Gasteiger charge is 2.33. The van der Waals surface area contributed by atoms with Gasteiger partial charge >= 0.3 is 0 Å². The lowest BCUT2D eigenvalue weighted by atomic mass is 9.96. The van der Waals surface area contributed by atoms with Crippen LogP contribution >= 0.6 is 27.3 Å². The Hall–Kier alpha value is -0.230. The third-order valence-electron chi connectivity index (χ3n) is 3.18. The number of hydrogen-bond donors (Lipinski definition) is 1. The molecular weight excluding hydrogens is 314 g/mol. The van der Waals surface area contributed by atoms with E-state index in [1.165, 1.54) is 0 Å². The molecule has 3 nitrogen and oxygen atoms in total. The molecule has 2 heterocycles. The van der Waals surface area contributed by atoms with Crippen LogP contribution in [0.25, 0.3) is 0 Å². The molecule has 100 valence electrons. The highest BCUT2D eigenvalue weighted by atomic mass is 79.9. The van der Waals surface area contributed by atoms with Crippen molar-refractivity contribution in [2.75, 3.05) is 19.8 Å². The van der Waals surface area contributed by atoms with Gasteiger partial charge in [-0.1, -0.05) is 6.92 Å². The van der Waals surface area contributed by atoms with E-state index in [9.17, 15) is 4.79 Å². The van der Waals surface area contributed by atoms with E-state index in [1.807, 2.05) is 11.4 Å². The first-order valence-corrected chi connectivity index (χ1v) is 7.95. The molecule has 1 fully saturated rings. The normalized spacial score (nSPS) is 23.4. The number of thiophene rings is 1. The summed E-state index contributed by atoms with van der Waals surface area (Å²) in [6, 6.07) is 2.18. The molecule has 1 N–H and O–H groups in total. The summed E-state index contributed by atoms with van der Waals surface area (Å²) in [6.07, 6.45) is 1.59. The first kappa shape index (κ1) is 14.2. The Balaban J connectivity index is 1.93. The summed E-state index contributed by atoms with van der Waals surface area (Å²) in [5.41, 5.74) is 0. The highest BCUT2D eigenvalue weighted by Crippen LogP contribution is 2.25. The maximum atomic E-state index is 12.3. The molecular formula is C13H18BrNO2S. The standard InChI is InChI=1S/C13H18BrNO2S/c1-2-4-15-11-8-17-7-9(11)12(16)6-13-10(14)3-5-18-13/h3,5,9,11,15H,2,4,6-8H2,1H3. The minimum atomic E-state index is 0.00514. The summed E-state index contributed by atoms with van der Waals surface area (Å²) in [7, 11) is 0. The molecule has 0 aromatic carbocycles. The molecule has 1 saturated heterocycles. The van der Waals surface area contributed by atoms with Crippen LogP contribution in [0.4, 0.5) is 0 Å². The average molecular weight is 332 g/mol. The number of carbonyl (C=O) groups is 1. The van der Waals surface area contributed by atoms with Gasteiger partial charge in [0.25, 0.3) is 0 Å². The monoisotopic (exact) mass is 331 g/mol. The van der Waals surface area contributed by atoms with Crippen LogP contribution < -0.4 is 5.32 Å². The van der Waals surface area contributed by atoms with Crippen molar-refractivity contribution in [2.24, 2.45) is 5.92 Å². The molecule has 0 bridgehead atoms. The molecule has 2 rings (SSSR count). The topological polar surface area (TPSA) is 38.3 Å². The second kappa shape index (κ2) is 6.80. The fourth-order valence-corrected chi connectivity index (χ4v) is 3.65. The SMILES string of the molecule is CCCNC1COCC1C(=O)Cc1sccc1Br. The lowest BCUT2D eigenvalue weighted by Crippen LogP contribution is -2.40. The molecule has 5 heteroatoms. The van der Waals surface area contributed by atoms with Crippen LogP contribution in [0, 0.1) is 5.92 Å².